The van der Waals surface area contributed by atoms with E-state index in [0.717, 1.165) is 50.3 Å². The molecule has 2 heterocycles. The van der Waals surface area contributed by atoms with Crippen LogP contribution >= 0.6 is 0 Å². The number of ether oxygens (including phenoxy) is 2. The number of nitrogens with zero attached hydrogens (tertiary/aromatic N) is 2. The van der Waals surface area contributed by atoms with Crippen LogP contribution in [0.5, 0.6) is 5.75 Å². The third kappa shape index (κ3) is 4.31. The third-order valence-electron chi connectivity index (χ3n) is 6.30. The Hall–Kier alpha value is -2.53. The average molecular weight is 409 g/mol. The first-order valence-electron chi connectivity index (χ1n) is 11.1. The average Bonchev–Trinajstić information content (AvgIpc) is 3.07. The van der Waals surface area contributed by atoms with Crippen molar-refractivity contribution in [2.45, 2.75) is 52.2 Å². The van der Waals surface area contributed by atoms with Gasteiger partial charge in [-0.15, -0.1) is 0 Å². The van der Waals surface area contributed by atoms with E-state index >= 15 is 0 Å². The van der Waals surface area contributed by atoms with Crippen LogP contribution < -0.4 is 9.64 Å². The second-order valence-electron chi connectivity index (χ2n) is 8.48. The number of rotatable bonds is 6. The highest BCUT2D eigenvalue weighted by molar-refractivity contribution is 5.90. The zero-order chi connectivity index (χ0) is 21.1. The molecule has 2 aliphatic heterocycles. The van der Waals surface area contributed by atoms with Gasteiger partial charge in [-0.2, -0.15) is 0 Å². The Morgan fingerprint density at radius 1 is 1.07 bits per heavy atom. The lowest BCUT2D eigenvalue weighted by Crippen LogP contribution is -2.46. The maximum absolute atomic E-state index is 12.5. The van der Waals surface area contributed by atoms with Gasteiger partial charge in [0.05, 0.1) is 13.2 Å². The first kappa shape index (κ1) is 20.7. The molecule has 1 amide bonds. The third-order valence-corrected chi connectivity index (χ3v) is 6.30. The van der Waals surface area contributed by atoms with E-state index in [2.05, 4.69) is 36.9 Å². The molecule has 0 atom stereocenters. The molecular formula is C25H32N2O3. The van der Waals surface area contributed by atoms with Crippen molar-refractivity contribution in [2.24, 2.45) is 0 Å². The summed E-state index contributed by atoms with van der Waals surface area (Å²) in [7, 11) is 0. The van der Waals surface area contributed by atoms with Crippen molar-refractivity contribution in [1.29, 1.82) is 0 Å². The number of carbonyl (C=O) groups is 1. The molecule has 5 heteroatoms. The fraction of sp³-hybridized carbons (Fsp3) is 0.480. The molecule has 5 nitrogen and oxygen atoms in total. The standard InChI is InChI=1S/C25H32N2O3/c1-4-21-16-20(8-11-23(21)29-5-2)17-26-14-12-25(13-15-26)18-27(24(28)30-25)22-9-6-19(3)7-10-22/h6-11,16H,4-5,12-15,17-18H2,1-3H3. The highest BCUT2D eigenvalue weighted by Crippen LogP contribution is 2.36. The predicted octanol–water partition coefficient (Wildman–Crippen LogP) is 4.95. The number of benzene rings is 2. The number of piperidine rings is 1. The van der Waals surface area contributed by atoms with Crippen LogP contribution in [0.3, 0.4) is 0 Å². The second-order valence-corrected chi connectivity index (χ2v) is 8.48. The van der Waals surface area contributed by atoms with E-state index in [1.165, 1.54) is 16.7 Å². The van der Waals surface area contributed by atoms with Crippen LogP contribution in [0.2, 0.25) is 0 Å². The zero-order valence-electron chi connectivity index (χ0n) is 18.3. The van der Waals surface area contributed by atoms with Gasteiger partial charge >= 0.3 is 6.09 Å². The quantitative estimate of drug-likeness (QED) is 0.678. The first-order valence-corrected chi connectivity index (χ1v) is 11.1. The fourth-order valence-electron chi connectivity index (χ4n) is 4.49. The summed E-state index contributed by atoms with van der Waals surface area (Å²) in [6.45, 7) is 10.4. The van der Waals surface area contributed by atoms with Gasteiger partial charge in [-0.05, 0) is 49.6 Å². The van der Waals surface area contributed by atoms with Gasteiger partial charge in [-0.3, -0.25) is 9.80 Å². The van der Waals surface area contributed by atoms with Crippen LogP contribution in [0.1, 0.15) is 43.4 Å². The monoisotopic (exact) mass is 408 g/mol. The van der Waals surface area contributed by atoms with Gasteiger partial charge in [0, 0.05) is 38.2 Å². The van der Waals surface area contributed by atoms with Crippen LogP contribution in [0.25, 0.3) is 0 Å². The lowest BCUT2D eigenvalue weighted by molar-refractivity contribution is -0.000976. The molecule has 0 radical (unpaired) electrons. The Balaban J connectivity index is 1.37. The molecule has 2 fully saturated rings. The van der Waals surface area contributed by atoms with Crippen LogP contribution in [-0.2, 0) is 17.7 Å². The molecule has 2 saturated heterocycles. The van der Waals surface area contributed by atoms with Crippen LogP contribution in [0, 0.1) is 6.92 Å². The predicted molar refractivity (Wildman–Crippen MR) is 119 cm³/mol. The molecular weight excluding hydrogens is 376 g/mol. The molecule has 2 aliphatic rings. The Labute approximate surface area is 179 Å². The van der Waals surface area contributed by atoms with Gasteiger partial charge in [0.15, 0.2) is 0 Å². The minimum atomic E-state index is -0.355. The smallest absolute Gasteiger partial charge is 0.415 e. The van der Waals surface area contributed by atoms with Crippen molar-refractivity contribution in [3.63, 3.8) is 0 Å². The Kier molecular flexibility index (Phi) is 6.00. The maximum atomic E-state index is 12.5. The summed E-state index contributed by atoms with van der Waals surface area (Å²) in [5, 5.41) is 0. The number of likely N-dealkylation sites (tertiary alicyclic amines) is 1. The van der Waals surface area contributed by atoms with Crippen molar-refractivity contribution in [2.75, 3.05) is 31.1 Å². The molecule has 160 valence electrons. The van der Waals surface area contributed by atoms with E-state index in [1.54, 1.807) is 4.90 Å². The fourth-order valence-corrected chi connectivity index (χ4v) is 4.49. The zero-order valence-corrected chi connectivity index (χ0v) is 18.3. The molecule has 0 saturated carbocycles. The topological polar surface area (TPSA) is 42.0 Å². The lowest BCUT2D eigenvalue weighted by Gasteiger charge is -2.37. The van der Waals surface area contributed by atoms with Crippen molar-refractivity contribution < 1.29 is 14.3 Å². The highest BCUT2D eigenvalue weighted by atomic mass is 16.6. The second kappa shape index (κ2) is 8.68. The summed E-state index contributed by atoms with van der Waals surface area (Å²) < 4.78 is 11.6. The van der Waals surface area contributed by atoms with Crippen molar-refractivity contribution in [3.05, 3.63) is 59.2 Å². The molecule has 2 aromatic carbocycles. The Bertz CT molecular complexity index is 886. The molecule has 2 aromatic rings. The maximum Gasteiger partial charge on any atom is 0.415 e. The largest absolute Gasteiger partial charge is 0.494 e. The summed E-state index contributed by atoms with van der Waals surface area (Å²) in [5.74, 6) is 0.996. The molecule has 0 bridgehead atoms. The number of amides is 1. The highest BCUT2D eigenvalue weighted by Gasteiger charge is 2.47. The van der Waals surface area contributed by atoms with Crippen molar-refractivity contribution in [1.82, 2.24) is 4.90 Å². The molecule has 30 heavy (non-hydrogen) atoms. The number of aryl methyl sites for hydroxylation is 2. The first-order chi connectivity index (χ1) is 14.5. The van der Waals surface area contributed by atoms with Gasteiger partial charge < -0.3 is 9.47 Å². The summed E-state index contributed by atoms with van der Waals surface area (Å²) in [4.78, 5) is 16.8. The van der Waals surface area contributed by atoms with Crippen LogP contribution in [0.15, 0.2) is 42.5 Å². The van der Waals surface area contributed by atoms with Crippen LogP contribution in [0.4, 0.5) is 10.5 Å². The van der Waals surface area contributed by atoms with E-state index < -0.39 is 0 Å². The van der Waals surface area contributed by atoms with Crippen molar-refractivity contribution >= 4 is 11.8 Å². The Morgan fingerprint density at radius 3 is 2.47 bits per heavy atom. The summed E-state index contributed by atoms with van der Waals surface area (Å²) in [5.41, 5.74) is 4.34. The Morgan fingerprint density at radius 2 is 1.80 bits per heavy atom. The molecule has 4 rings (SSSR count). The van der Waals surface area contributed by atoms with E-state index in [1.807, 2.05) is 31.2 Å². The summed E-state index contributed by atoms with van der Waals surface area (Å²) in [6, 6.07) is 14.6. The molecule has 1 spiro atoms. The van der Waals surface area contributed by atoms with Gasteiger partial charge in [-0.1, -0.05) is 36.8 Å². The van der Waals surface area contributed by atoms with Gasteiger partial charge in [0.1, 0.15) is 11.4 Å². The van der Waals surface area contributed by atoms with Gasteiger partial charge in [0.25, 0.3) is 0 Å². The van der Waals surface area contributed by atoms with E-state index in [-0.39, 0.29) is 11.7 Å². The summed E-state index contributed by atoms with van der Waals surface area (Å²) in [6.07, 6.45) is 2.50. The SMILES string of the molecule is CCOc1ccc(CN2CCC3(CC2)CN(c2ccc(C)cc2)C(=O)O3)cc1CC. The van der Waals surface area contributed by atoms with Crippen LogP contribution in [-0.4, -0.2) is 42.8 Å². The molecule has 0 aliphatic carbocycles. The summed E-state index contributed by atoms with van der Waals surface area (Å²) >= 11 is 0. The molecule has 0 N–H and O–H groups in total. The normalized spacial score (nSPS) is 18.6. The molecule has 0 aromatic heterocycles. The van der Waals surface area contributed by atoms with Crippen molar-refractivity contribution in [3.8, 4) is 5.75 Å². The molecule has 0 unspecified atom stereocenters. The van der Waals surface area contributed by atoms with Gasteiger partial charge in [-0.25, -0.2) is 4.79 Å². The minimum Gasteiger partial charge on any atom is -0.494 e. The number of hydrogen-bond acceptors (Lipinski definition) is 4. The van der Waals surface area contributed by atoms with E-state index in [0.29, 0.717) is 13.2 Å². The minimum absolute atomic E-state index is 0.216. The lowest BCUT2D eigenvalue weighted by atomic mass is 9.91. The number of anilines is 1. The number of hydrogen-bond donors (Lipinski definition) is 0. The van der Waals surface area contributed by atoms with E-state index in [4.69, 9.17) is 9.47 Å². The van der Waals surface area contributed by atoms with E-state index in [9.17, 15) is 4.79 Å². The van der Waals surface area contributed by atoms with Gasteiger partial charge in [0.2, 0.25) is 0 Å². The number of carbonyl (C=O) groups excluding carboxylic acids is 1.